The van der Waals surface area contributed by atoms with E-state index in [1.807, 2.05) is 60.2 Å². The molecule has 0 amide bonds. The van der Waals surface area contributed by atoms with Gasteiger partial charge in [0.05, 0.1) is 23.0 Å². The van der Waals surface area contributed by atoms with Crippen LogP contribution in [-0.2, 0) is 6.54 Å². The van der Waals surface area contributed by atoms with Crippen LogP contribution in [0.4, 0.5) is 5.69 Å². The quantitative estimate of drug-likeness (QED) is 0.418. The lowest BCUT2D eigenvalue weighted by molar-refractivity contribution is 1.06. The first kappa shape index (κ1) is 17.9. The second-order valence-electron chi connectivity index (χ2n) is 7.15. The average molecular weight is 396 g/mol. The number of pyridine rings is 1. The maximum absolute atomic E-state index is 12.7. The third-order valence-corrected chi connectivity index (χ3v) is 5.09. The van der Waals surface area contributed by atoms with Crippen LogP contribution in [0.5, 0.6) is 0 Å². The highest BCUT2D eigenvalue weighted by atomic mass is 16.1. The largest absolute Gasteiger partial charge is 0.380 e. The third kappa shape index (κ3) is 3.26. The summed E-state index contributed by atoms with van der Waals surface area (Å²) in [5.74, 6) is 0.535. The molecule has 3 aromatic heterocycles. The van der Waals surface area contributed by atoms with Gasteiger partial charge in [-0.3, -0.25) is 4.79 Å². The van der Waals surface area contributed by atoms with E-state index in [2.05, 4.69) is 26.3 Å². The minimum absolute atomic E-state index is 0.195. The smallest absolute Gasteiger partial charge is 0.261 e. The van der Waals surface area contributed by atoms with Gasteiger partial charge in [0.25, 0.3) is 5.56 Å². The highest BCUT2D eigenvalue weighted by molar-refractivity contribution is 5.86. The summed E-state index contributed by atoms with van der Waals surface area (Å²) in [5, 5.41) is 3.37. The van der Waals surface area contributed by atoms with Gasteiger partial charge in [-0.05, 0) is 36.2 Å². The molecule has 0 aliphatic carbocycles. The fraction of sp³-hybridized carbons (Fsp3) is 0.0870. The van der Waals surface area contributed by atoms with Crippen LogP contribution < -0.4 is 10.9 Å². The van der Waals surface area contributed by atoms with Crippen LogP contribution in [0.15, 0.2) is 78.2 Å². The summed E-state index contributed by atoms with van der Waals surface area (Å²) in [5.41, 5.74) is 5.87. The van der Waals surface area contributed by atoms with Crippen molar-refractivity contribution in [3.8, 4) is 17.1 Å². The molecule has 0 spiro atoms. The molecule has 5 rings (SSSR count). The topological polar surface area (TPSA) is 91.4 Å². The van der Waals surface area contributed by atoms with Crippen molar-refractivity contribution in [2.24, 2.45) is 0 Å². The lowest BCUT2D eigenvalue weighted by atomic mass is 10.2. The van der Waals surface area contributed by atoms with E-state index >= 15 is 0 Å². The van der Waals surface area contributed by atoms with Crippen molar-refractivity contribution < 1.29 is 0 Å². The molecular formula is C23H20N6O. The number of hydrogen-bond donors (Lipinski definition) is 3. The van der Waals surface area contributed by atoms with Crippen LogP contribution >= 0.6 is 0 Å². The van der Waals surface area contributed by atoms with E-state index in [0.717, 1.165) is 33.5 Å². The van der Waals surface area contributed by atoms with E-state index in [4.69, 9.17) is 4.98 Å². The fourth-order valence-corrected chi connectivity index (χ4v) is 3.60. The highest BCUT2D eigenvalue weighted by Crippen LogP contribution is 2.27. The Balaban J connectivity index is 1.57. The standard InChI is InChI=1S/C23H20N6O/c1-15-11-17(29-10-9-24-14-29)12-19-21(15)28-22(27-19)20-18(7-8-25-23(20)30)26-13-16-5-3-2-4-6-16/h2-12,14H,13H2,1H3,(H,27,28)(H2,25,26,30). The third-order valence-electron chi connectivity index (χ3n) is 5.09. The van der Waals surface area contributed by atoms with E-state index in [0.29, 0.717) is 17.9 Å². The summed E-state index contributed by atoms with van der Waals surface area (Å²) in [4.78, 5) is 27.6. The molecule has 0 aliphatic rings. The Kier molecular flexibility index (Phi) is 4.40. The Morgan fingerprint density at radius 3 is 2.80 bits per heavy atom. The zero-order valence-electron chi connectivity index (χ0n) is 16.4. The molecule has 0 aliphatic heterocycles. The van der Waals surface area contributed by atoms with Gasteiger partial charge in [0.2, 0.25) is 0 Å². The van der Waals surface area contributed by atoms with Gasteiger partial charge < -0.3 is 19.9 Å². The summed E-state index contributed by atoms with van der Waals surface area (Å²) in [6.07, 6.45) is 7.03. The first-order chi connectivity index (χ1) is 14.7. The predicted octanol–water partition coefficient (Wildman–Crippen LogP) is 4.02. The lowest BCUT2D eigenvalue weighted by Gasteiger charge is -2.09. The summed E-state index contributed by atoms with van der Waals surface area (Å²) in [7, 11) is 0. The van der Waals surface area contributed by atoms with Crippen molar-refractivity contribution in [2.75, 3.05) is 5.32 Å². The number of nitrogens with zero attached hydrogens (tertiary/aromatic N) is 3. The summed E-state index contributed by atoms with van der Waals surface area (Å²) in [6.45, 7) is 2.62. The number of aromatic nitrogens is 5. The van der Waals surface area contributed by atoms with Gasteiger partial charge in [-0.25, -0.2) is 9.97 Å². The zero-order chi connectivity index (χ0) is 20.5. The van der Waals surface area contributed by atoms with Crippen LogP contribution in [0.1, 0.15) is 11.1 Å². The number of fused-ring (bicyclic) bond motifs is 1. The van der Waals surface area contributed by atoms with Gasteiger partial charge in [0.1, 0.15) is 11.4 Å². The van der Waals surface area contributed by atoms with E-state index < -0.39 is 0 Å². The van der Waals surface area contributed by atoms with Gasteiger partial charge in [-0.15, -0.1) is 0 Å². The van der Waals surface area contributed by atoms with Crippen molar-refractivity contribution in [1.29, 1.82) is 0 Å². The number of benzene rings is 2. The number of nitrogens with one attached hydrogen (secondary N) is 3. The minimum atomic E-state index is -0.195. The molecular weight excluding hydrogens is 376 g/mol. The molecule has 3 heterocycles. The molecule has 3 N–H and O–H groups in total. The maximum Gasteiger partial charge on any atom is 0.261 e. The van der Waals surface area contributed by atoms with E-state index in [1.54, 1.807) is 18.7 Å². The molecule has 0 saturated heterocycles. The van der Waals surface area contributed by atoms with Gasteiger partial charge in [0, 0.05) is 30.8 Å². The van der Waals surface area contributed by atoms with E-state index in [9.17, 15) is 4.79 Å². The Morgan fingerprint density at radius 1 is 1.13 bits per heavy atom. The van der Waals surface area contributed by atoms with Gasteiger partial charge >= 0.3 is 0 Å². The normalized spacial score (nSPS) is 11.1. The maximum atomic E-state index is 12.7. The van der Waals surface area contributed by atoms with Crippen molar-refractivity contribution in [3.05, 3.63) is 94.9 Å². The number of hydrogen-bond acceptors (Lipinski definition) is 4. The Bertz CT molecular complexity index is 1370. The van der Waals surface area contributed by atoms with Crippen LogP contribution in [-0.4, -0.2) is 24.5 Å². The molecule has 0 unspecified atom stereocenters. The van der Waals surface area contributed by atoms with Crippen LogP contribution in [0.25, 0.3) is 28.1 Å². The van der Waals surface area contributed by atoms with E-state index in [1.165, 1.54) is 0 Å². The number of aryl methyl sites for hydroxylation is 1. The fourth-order valence-electron chi connectivity index (χ4n) is 3.60. The summed E-state index contributed by atoms with van der Waals surface area (Å²) >= 11 is 0. The molecule has 0 bridgehead atoms. The molecule has 30 heavy (non-hydrogen) atoms. The second kappa shape index (κ2) is 7.36. The van der Waals surface area contributed by atoms with Gasteiger partial charge in [-0.1, -0.05) is 30.3 Å². The minimum Gasteiger partial charge on any atom is -0.380 e. The van der Waals surface area contributed by atoms with Crippen molar-refractivity contribution in [1.82, 2.24) is 24.5 Å². The first-order valence-electron chi connectivity index (χ1n) is 9.67. The molecule has 7 heteroatoms. The molecule has 0 atom stereocenters. The Morgan fingerprint density at radius 2 is 2.00 bits per heavy atom. The second-order valence-corrected chi connectivity index (χ2v) is 7.15. The molecule has 2 aromatic carbocycles. The zero-order valence-corrected chi connectivity index (χ0v) is 16.4. The number of anilines is 1. The number of imidazole rings is 2. The van der Waals surface area contributed by atoms with Crippen molar-refractivity contribution in [3.63, 3.8) is 0 Å². The molecule has 0 saturated carbocycles. The first-order valence-corrected chi connectivity index (χ1v) is 9.67. The Hall–Kier alpha value is -4.13. The molecule has 0 radical (unpaired) electrons. The highest BCUT2D eigenvalue weighted by Gasteiger charge is 2.16. The van der Waals surface area contributed by atoms with Crippen LogP contribution in [0, 0.1) is 6.92 Å². The number of aromatic amines is 2. The van der Waals surface area contributed by atoms with Crippen LogP contribution in [0.3, 0.4) is 0 Å². The molecule has 148 valence electrons. The summed E-state index contributed by atoms with van der Waals surface area (Å²) < 4.78 is 1.94. The summed E-state index contributed by atoms with van der Waals surface area (Å²) in [6, 6.07) is 16.0. The SMILES string of the molecule is Cc1cc(-n2ccnc2)cc2[nH]c(-c3c(NCc4ccccc4)cc[nH]c3=O)nc12. The Labute approximate surface area is 172 Å². The number of H-pyrrole nitrogens is 2. The van der Waals surface area contributed by atoms with Gasteiger partial charge in [-0.2, -0.15) is 0 Å². The molecule has 7 nitrogen and oxygen atoms in total. The molecule has 0 fully saturated rings. The number of rotatable bonds is 5. The van der Waals surface area contributed by atoms with Crippen molar-refractivity contribution >= 4 is 16.7 Å². The predicted molar refractivity (Wildman–Crippen MR) is 118 cm³/mol. The van der Waals surface area contributed by atoms with Crippen molar-refractivity contribution in [2.45, 2.75) is 13.5 Å². The van der Waals surface area contributed by atoms with Crippen LogP contribution in [0.2, 0.25) is 0 Å². The van der Waals surface area contributed by atoms with Gasteiger partial charge in [0.15, 0.2) is 0 Å². The average Bonchev–Trinajstić information content (AvgIpc) is 3.43. The lowest BCUT2D eigenvalue weighted by Crippen LogP contribution is -2.13. The van der Waals surface area contributed by atoms with E-state index in [-0.39, 0.29) is 5.56 Å². The monoisotopic (exact) mass is 396 g/mol. The molecule has 5 aromatic rings.